The van der Waals surface area contributed by atoms with Gasteiger partial charge in [0.1, 0.15) is 24.2 Å². The molecule has 0 radical (unpaired) electrons. The summed E-state index contributed by atoms with van der Waals surface area (Å²) < 4.78 is 5.66. The largest absolute Gasteiger partial charge is 0.507 e. The first-order valence-electron chi connectivity index (χ1n) is 9.55. The molecule has 1 aromatic rings. The molecule has 2 unspecified atom stereocenters. The number of rotatable bonds is 11. The Morgan fingerprint density at radius 3 is 2.43 bits per heavy atom. The molecule has 0 bridgehead atoms. The molecule has 1 aromatic carbocycles. The first-order chi connectivity index (χ1) is 14.0. The van der Waals surface area contributed by atoms with Crippen LogP contribution in [0.2, 0.25) is 0 Å². The fraction of sp³-hybridized carbons (Fsp3) is 0.632. The Hall–Kier alpha value is -2.24. The minimum atomic E-state index is -0.819. The summed E-state index contributed by atoms with van der Waals surface area (Å²) in [6.07, 6.45) is -0.668. The number of amides is 1. The van der Waals surface area contributed by atoms with Crippen LogP contribution in [0, 0.1) is 30.9 Å². The second-order valence-electron chi connectivity index (χ2n) is 6.57. The number of thiol groups is 1. The predicted octanol–water partition coefficient (Wildman–Crippen LogP) is 1.30. The number of benzene rings is 1. The van der Waals surface area contributed by atoms with Gasteiger partial charge in [0, 0.05) is 19.6 Å². The van der Waals surface area contributed by atoms with Gasteiger partial charge in [0.15, 0.2) is 0 Å². The number of aliphatic hydroxyl groups is 1. The number of aromatic hydroxyl groups is 1. The van der Waals surface area contributed by atoms with Crippen molar-refractivity contribution < 1.29 is 29.7 Å². The highest BCUT2D eigenvalue weighted by Gasteiger charge is 2.12. The summed E-state index contributed by atoms with van der Waals surface area (Å²) in [5, 5.41) is 33.6. The molecule has 1 amide bonds. The van der Waals surface area contributed by atoms with E-state index in [1.807, 2.05) is 20.8 Å². The van der Waals surface area contributed by atoms with Crippen molar-refractivity contribution in [1.29, 1.82) is 0 Å². The number of aryl methyl sites for hydroxylation is 1. The van der Waals surface area contributed by atoms with Crippen molar-refractivity contribution >= 4 is 18.5 Å². The maximum atomic E-state index is 11.3. The van der Waals surface area contributed by atoms with Crippen LogP contribution in [0.1, 0.15) is 30.5 Å². The molecule has 1 rings (SSSR count). The van der Waals surface area contributed by atoms with Gasteiger partial charge in [0.2, 0.25) is 5.91 Å². The zero-order valence-electron chi connectivity index (χ0n) is 18.1. The van der Waals surface area contributed by atoms with Gasteiger partial charge < -0.3 is 30.4 Å². The lowest BCUT2D eigenvalue weighted by Gasteiger charge is -2.17. The van der Waals surface area contributed by atoms with Crippen molar-refractivity contribution in [3.63, 3.8) is 0 Å². The predicted molar refractivity (Wildman–Crippen MR) is 117 cm³/mol. The highest BCUT2D eigenvalue weighted by atomic mass is 32.1. The standard InChI is InChI=1S/C17H28N2O4S.C2H5NO3/c1-10-7-15(11(2)12(3)16(10)21)23-9-14(20)8-18-5-6-19-17(22)13(4)24;1-2-6-3(4)5/h7,13-14,18,20-21,24H,5-6,8-9H2,1-4H3,(H,19,22);2H2,1H3. The summed E-state index contributed by atoms with van der Waals surface area (Å²) in [6.45, 7) is 10.5. The van der Waals surface area contributed by atoms with Gasteiger partial charge in [-0.3, -0.25) is 4.79 Å². The molecule has 30 heavy (non-hydrogen) atoms. The second kappa shape index (κ2) is 14.7. The summed E-state index contributed by atoms with van der Waals surface area (Å²) >= 11 is 4.04. The molecular weight excluding hydrogens is 414 g/mol. The smallest absolute Gasteiger partial charge is 0.294 e. The molecule has 0 spiro atoms. The molecule has 0 fully saturated rings. The van der Waals surface area contributed by atoms with Crippen LogP contribution in [0.3, 0.4) is 0 Å². The Morgan fingerprint density at radius 2 is 1.93 bits per heavy atom. The lowest BCUT2D eigenvalue weighted by Crippen LogP contribution is -2.38. The minimum absolute atomic E-state index is 0.113. The van der Waals surface area contributed by atoms with E-state index in [1.165, 1.54) is 0 Å². The second-order valence-corrected chi connectivity index (χ2v) is 7.34. The van der Waals surface area contributed by atoms with Crippen molar-refractivity contribution in [3.05, 3.63) is 32.9 Å². The van der Waals surface area contributed by atoms with E-state index in [0.717, 1.165) is 16.7 Å². The molecule has 172 valence electrons. The molecule has 0 saturated heterocycles. The molecule has 0 heterocycles. The van der Waals surface area contributed by atoms with Crippen molar-refractivity contribution in [2.24, 2.45) is 0 Å². The van der Waals surface area contributed by atoms with Gasteiger partial charge in [-0.1, -0.05) is 0 Å². The van der Waals surface area contributed by atoms with Crippen molar-refractivity contribution in [2.45, 2.75) is 46.0 Å². The Bertz CT molecular complexity index is 687. The van der Waals surface area contributed by atoms with Crippen LogP contribution in [0.5, 0.6) is 11.5 Å². The molecule has 0 aliphatic heterocycles. The van der Waals surface area contributed by atoms with E-state index >= 15 is 0 Å². The first kappa shape index (κ1) is 27.8. The first-order valence-corrected chi connectivity index (χ1v) is 10.1. The highest BCUT2D eigenvalue weighted by molar-refractivity contribution is 7.81. The molecule has 0 aromatic heterocycles. The van der Waals surface area contributed by atoms with Crippen LogP contribution < -0.4 is 15.4 Å². The van der Waals surface area contributed by atoms with Crippen molar-refractivity contribution in [2.75, 3.05) is 32.8 Å². The highest BCUT2D eigenvalue weighted by Crippen LogP contribution is 2.31. The average molecular weight is 448 g/mol. The molecule has 0 aliphatic carbocycles. The van der Waals surface area contributed by atoms with E-state index < -0.39 is 11.2 Å². The average Bonchev–Trinajstić information content (AvgIpc) is 2.67. The van der Waals surface area contributed by atoms with Crippen LogP contribution in [0.4, 0.5) is 0 Å². The maximum absolute atomic E-state index is 11.3. The van der Waals surface area contributed by atoms with E-state index in [1.54, 1.807) is 19.9 Å². The number of ether oxygens (including phenoxy) is 1. The van der Waals surface area contributed by atoms with Gasteiger partial charge >= 0.3 is 0 Å². The fourth-order valence-electron chi connectivity index (χ4n) is 2.22. The summed E-state index contributed by atoms with van der Waals surface area (Å²) in [4.78, 5) is 24.3. The van der Waals surface area contributed by atoms with Gasteiger partial charge in [-0.25, -0.2) is 0 Å². The fourth-order valence-corrected chi connectivity index (χ4v) is 2.31. The Kier molecular flexibility index (Phi) is 13.6. The number of hydrogen-bond acceptors (Lipinski definition) is 9. The van der Waals surface area contributed by atoms with Gasteiger partial charge in [-0.2, -0.15) is 12.6 Å². The lowest BCUT2D eigenvalue weighted by molar-refractivity contribution is -0.756. The van der Waals surface area contributed by atoms with Crippen LogP contribution in [-0.2, 0) is 9.63 Å². The van der Waals surface area contributed by atoms with Gasteiger partial charge in [0.25, 0.3) is 5.09 Å². The van der Waals surface area contributed by atoms with E-state index in [2.05, 4.69) is 28.1 Å². The van der Waals surface area contributed by atoms with Gasteiger partial charge in [0.05, 0.1) is 11.9 Å². The zero-order valence-corrected chi connectivity index (χ0v) is 19.0. The topological polar surface area (TPSA) is 143 Å². The summed E-state index contributed by atoms with van der Waals surface area (Å²) in [5.41, 5.74) is 2.39. The van der Waals surface area contributed by atoms with Crippen LogP contribution in [0.15, 0.2) is 6.07 Å². The monoisotopic (exact) mass is 447 g/mol. The van der Waals surface area contributed by atoms with Gasteiger partial charge in [-0.15, -0.1) is 10.1 Å². The normalized spacial score (nSPS) is 12.2. The summed E-state index contributed by atoms with van der Waals surface area (Å²) in [7, 11) is 0. The number of nitrogens with zero attached hydrogens (tertiary/aromatic N) is 1. The van der Waals surface area contributed by atoms with Crippen LogP contribution >= 0.6 is 12.6 Å². The third kappa shape index (κ3) is 11.1. The Morgan fingerprint density at radius 1 is 1.30 bits per heavy atom. The maximum Gasteiger partial charge on any atom is 0.294 e. The molecule has 0 saturated carbocycles. The molecule has 0 aliphatic rings. The Labute approximate surface area is 182 Å². The number of hydrogen-bond donors (Lipinski definition) is 5. The SMILES string of the molecule is CCO[N+](=O)[O-].Cc1cc(OCC(O)CNCCNC(=O)C(C)S)c(C)c(C)c1O. The van der Waals surface area contributed by atoms with Crippen LogP contribution in [-0.4, -0.2) is 65.4 Å². The number of phenolic OH excluding ortho intramolecular Hbond substituents is 1. The number of phenols is 1. The molecule has 2 atom stereocenters. The number of nitrogens with one attached hydrogen (secondary N) is 2. The van der Waals surface area contributed by atoms with E-state index in [0.29, 0.717) is 25.4 Å². The quantitative estimate of drug-likeness (QED) is 0.148. The van der Waals surface area contributed by atoms with Gasteiger partial charge in [-0.05, 0) is 57.4 Å². The van der Waals surface area contributed by atoms with Crippen molar-refractivity contribution in [3.8, 4) is 11.5 Å². The van der Waals surface area contributed by atoms with Crippen LogP contribution in [0.25, 0.3) is 0 Å². The number of aliphatic hydroxyl groups excluding tert-OH is 1. The summed E-state index contributed by atoms with van der Waals surface area (Å²) in [6, 6.07) is 1.77. The number of carbonyl (C=O) groups is 1. The van der Waals surface area contributed by atoms with Crippen molar-refractivity contribution in [1.82, 2.24) is 10.6 Å². The third-order valence-electron chi connectivity index (χ3n) is 4.03. The van der Waals surface area contributed by atoms with E-state index in [4.69, 9.17) is 4.74 Å². The van der Waals surface area contributed by atoms with E-state index in [9.17, 15) is 25.1 Å². The third-order valence-corrected chi connectivity index (χ3v) is 4.27. The number of carbonyl (C=O) groups excluding carboxylic acids is 1. The molecule has 10 nitrogen and oxygen atoms in total. The molecule has 4 N–H and O–H groups in total. The lowest BCUT2D eigenvalue weighted by atomic mass is 10.0. The summed E-state index contributed by atoms with van der Waals surface area (Å²) in [5.74, 6) is 0.828. The Balaban J connectivity index is 0.00000122. The van der Waals surface area contributed by atoms with E-state index in [-0.39, 0.29) is 30.1 Å². The molecule has 11 heteroatoms. The minimum Gasteiger partial charge on any atom is -0.507 e. The zero-order chi connectivity index (χ0) is 23.3. The molecular formula is C19H33N3O7S.